The van der Waals surface area contributed by atoms with Gasteiger partial charge in [-0.2, -0.15) is 0 Å². The van der Waals surface area contributed by atoms with Crippen LogP contribution in [0.3, 0.4) is 0 Å². The van der Waals surface area contributed by atoms with Crippen molar-refractivity contribution in [1.29, 1.82) is 0 Å². The van der Waals surface area contributed by atoms with Crippen molar-refractivity contribution >= 4 is 19.9 Å². The van der Waals surface area contributed by atoms with Crippen LogP contribution in [0.1, 0.15) is 25.0 Å². The van der Waals surface area contributed by atoms with Crippen LogP contribution < -0.4 is 10.4 Å². The van der Waals surface area contributed by atoms with Gasteiger partial charge in [-0.05, 0) is 24.0 Å². The highest BCUT2D eigenvalue weighted by atomic mass is 28.2. The fourth-order valence-corrected chi connectivity index (χ4v) is 3.44. The second-order valence-corrected chi connectivity index (χ2v) is 6.50. The quantitative estimate of drug-likeness (QED) is 0.717. The average Bonchev–Trinajstić information content (AvgIpc) is 2.40. The average molecular weight is 240 g/mol. The third kappa shape index (κ3) is 3.30. The zero-order valence-corrected chi connectivity index (χ0v) is 12.2. The lowest BCUT2D eigenvalue weighted by atomic mass is 10.2. The Bertz CT molecular complexity index is 408. The van der Waals surface area contributed by atoms with E-state index in [9.17, 15) is 0 Å². The van der Waals surface area contributed by atoms with E-state index in [1.807, 2.05) is 0 Å². The zero-order chi connectivity index (χ0) is 12.1. The molecule has 0 amide bonds. The van der Waals surface area contributed by atoms with Gasteiger partial charge in [0.1, 0.15) is 0 Å². The van der Waals surface area contributed by atoms with Gasteiger partial charge < -0.3 is 0 Å². The highest BCUT2D eigenvalue weighted by Crippen LogP contribution is 1.98. The van der Waals surface area contributed by atoms with Crippen LogP contribution in [0, 0.1) is 0 Å². The molecule has 0 saturated carbocycles. The maximum Gasteiger partial charge on any atom is 0.0875 e. The Kier molecular flexibility index (Phi) is 4.16. The molecule has 0 fully saturated rings. The summed E-state index contributed by atoms with van der Waals surface area (Å²) in [5, 5.41) is 3.07. The number of rotatable bonds is 4. The van der Waals surface area contributed by atoms with Crippen LogP contribution in [0.15, 0.2) is 48.5 Å². The molecule has 0 aliphatic rings. The third-order valence-electron chi connectivity index (χ3n) is 3.27. The Hall–Kier alpha value is -1.34. The largest absolute Gasteiger partial charge is 0.0875 e. The number of hydrogen-bond acceptors (Lipinski definition) is 0. The summed E-state index contributed by atoms with van der Waals surface area (Å²) in [6.07, 6.45) is 2.26. The molecule has 0 unspecified atom stereocenters. The minimum Gasteiger partial charge on any atom is -0.0630 e. The van der Waals surface area contributed by atoms with Crippen LogP contribution in [-0.4, -0.2) is 9.52 Å². The van der Waals surface area contributed by atoms with Crippen LogP contribution in [0.5, 0.6) is 0 Å². The smallest absolute Gasteiger partial charge is 0.0630 e. The van der Waals surface area contributed by atoms with E-state index >= 15 is 0 Å². The number of hydrogen-bond donors (Lipinski definition) is 0. The molecule has 0 bridgehead atoms. The molecule has 2 aromatic carbocycles. The molecule has 17 heavy (non-hydrogen) atoms. The summed E-state index contributed by atoms with van der Waals surface area (Å²) in [6.45, 7) is 4.41. The first-order valence-electron chi connectivity index (χ1n) is 6.47. The van der Waals surface area contributed by atoms with Gasteiger partial charge in [0.2, 0.25) is 0 Å². The second kappa shape index (κ2) is 5.83. The predicted octanol–water partition coefficient (Wildman–Crippen LogP) is 1.93. The van der Waals surface area contributed by atoms with Crippen molar-refractivity contribution in [2.24, 2.45) is 0 Å². The first-order chi connectivity index (χ1) is 8.31. The summed E-state index contributed by atoms with van der Waals surface area (Å²) in [5.41, 5.74) is 2.87. The van der Waals surface area contributed by atoms with E-state index in [4.69, 9.17) is 0 Å². The van der Waals surface area contributed by atoms with Crippen LogP contribution in [-0.2, 0) is 12.8 Å². The third-order valence-corrected chi connectivity index (χ3v) is 5.03. The minimum absolute atomic E-state index is 0.281. The van der Waals surface area contributed by atoms with Gasteiger partial charge in [0.15, 0.2) is 0 Å². The summed E-state index contributed by atoms with van der Waals surface area (Å²) in [4.78, 5) is 0. The SMILES string of the molecule is CCc1ccc([SiH2]c2ccc(CC)cc2)cc1. The van der Waals surface area contributed by atoms with Crippen LogP contribution in [0.25, 0.3) is 0 Å². The Labute approximate surface area is 107 Å². The van der Waals surface area contributed by atoms with Gasteiger partial charge in [-0.3, -0.25) is 0 Å². The number of benzene rings is 2. The molecule has 2 rings (SSSR count). The van der Waals surface area contributed by atoms with E-state index in [-0.39, 0.29) is 9.52 Å². The Morgan fingerprint density at radius 1 is 0.647 bits per heavy atom. The van der Waals surface area contributed by atoms with Crippen molar-refractivity contribution in [2.45, 2.75) is 26.7 Å². The molecule has 0 radical (unpaired) electrons. The highest BCUT2D eigenvalue weighted by molar-refractivity contribution is 6.67. The van der Waals surface area contributed by atoms with Gasteiger partial charge in [-0.1, -0.05) is 72.8 Å². The standard InChI is InChI=1S/C16H20Si/c1-3-13-5-9-15(10-6-13)17-16-11-7-14(4-2)8-12-16/h5-12H,3-4,17H2,1-2H3. The molecule has 0 aliphatic carbocycles. The first-order valence-corrected chi connectivity index (χ1v) is 7.89. The van der Waals surface area contributed by atoms with Gasteiger partial charge in [0.05, 0.1) is 9.52 Å². The zero-order valence-electron chi connectivity index (χ0n) is 10.7. The van der Waals surface area contributed by atoms with E-state index in [1.54, 1.807) is 0 Å². The summed E-state index contributed by atoms with van der Waals surface area (Å²) >= 11 is 0. The monoisotopic (exact) mass is 240 g/mol. The van der Waals surface area contributed by atoms with E-state index in [2.05, 4.69) is 62.4 Å². The molecular formula is C16H20Si. The van der Waals surface area contributed by atoms with Crippen LogP contribution in [0.4, 0.5) is 0 Å². The van der Waals surface area contributed by atoms with Gasteiger partial charge in [0, 0.05) is 0 Å². The Morgan fingerprint density at radius 2 is 1.00 bits per heavy atom. The molecule has 0 saturated heterocycles. The maximum atomic E-state index is 2.30. The van der Waals surface area contributed by atoms with E-state index in [0.29, 0.717) is 0 Å². The molecular weight excluding hydrogens is 220 g/mol. The highest BCUT2D eigenvalue weighted by Gasteiger charge is 1.98. The van der Waals surface area contributed by atoms with Gasteiger partial charge in [-0.25, -0.2) is 0 Å². The Balaban J connectivity index is 2.08. The molecule has 0 aliphatic heterocycles. The van der Waals surface area contributed by atoms with Gasteiger partial charge >= 0.3 is 0 Å². The minimum atomic E-state index is -0.281. The van der Waals surface area contributed by atoms with Crippen molar-refractivity contribution in [3.05, 3.63) is 59.7 Å². The molecule has 0 aromatic heterocycles. The topological polar surface area (TPSA) is 0 Å². The molecule has 0 atom stereocenters. The summed E-state index contributed by atoms with van der Waals surface area (Å²) in [7, 11) is -0.281. The fourth-order valence-electron chi connectivity index (χ4n) is 2.02. The first kappa shape index (κ1) is 12.1. The van der Waals surface area contributed by atoms with Crippen molar-refractivity contribution in [1.82, 2.24) is 0 Å². The van der Waals surface area contributed by atoms with Crippen molar-refractivity contribution in [3.63, 3.8) is 0 Å². The Morgan fingerprint density at radius 3 is 1.29 bits per heavy atom. The number of aryl methyl sites for hydroxylation is 2. The fraction of sp³-hybridized carbons (Fsp3) is 0.250. The van der Waals surface area contributed by atoms with Crippen molar-refractivity contribution in [2.75, 3.05) is 0 Å². The summed E-state index contributed by atoms with van der Waals surface area (Å²) in [6, 6.07) is 18.3. The lowest BCUT2D eigenvalue weighted by Crippen LogP contribution is -2.26. The van der Waals surface area contributed by atoms with E-state index < -0.39 is 0 Å². The lowest BCUT2D eigenvalue weighted by molar-refractivity contribution is 1.14. The predicted molar refractivity (Wildman–Crippen MR) is 79.5 cm³/mol. The molecule has 1 heteroatoms. The normalized spacial score (nSPS) is 10.5. The summed E-state index contributed by atoms with van der Waals surface area (Å²) in [5.74, 6) is 0. The van der Waals surface area contributed by atoms with Crippen LogP contribution in [0.2, 0.25) is 0 Å². The van der Waals surface area contributed by atoms with Crippen molar-refractivity contribution in [3.8, 4) is 0 Å². The van der Waals surface area contributed by atoms with Gasteiger partial charge in [-0.15, -0.1) is 0 Å². The molecule has 88 valence electrons. The molecule has 0 N–H and O–H groups in total. The molecule has 0 nitrogen and oxygen atoms in total. The van der Waals surface area contributed by atoms with Gasteiger partial charge in [0.25, 0.3) is 0 Å². The van der Waals surface area contributed by atoms with Crippen LogP contribution >= 0.6 is 0 Å². The lowest BCUT2D eigenvalue weighted by Gasteiger charge is -2.04. The summed E-state index contributed by atoms with van der Waals surface area (Å²) < 4.78 is 0. The van der Waals surface area contributed by atoms with Crippen molar-refractivity contribution < 1.29 is 0 Å². The maximum absolute atomic E-state index is 2.30. The van der Waals surface area contributed by atoms with E-state index in [0.717, 1.165) is 12.8 Å². The second-order valence-electron chi connectivity index (χ2n) is 4.52. The van der Waals surface area contributed by atoms with E-state index in [1.165, 1.54) is 21.5 Å². The molecule has 0 spiro atoms. The molecule has 0 heterocycles. The molecule has 2 aromatic rings.